The summed E-state index contributed by atoms with van der Waals surface area (Å²) < 4.78 is 10.8. The molecule has 7 heteroatoms. The van der Waals surface area contributed by atoms with Crippen LogP contribution in [0.5, 0.6) is 5.75 Å². The molecule has 1 fully saturated rings. The molecule has 1 aliphatic carbocycles. The summed E-state index contributed by atoms with van der Waals surface area (Å²) in [5.74, 6) is 1.10. The van der Waals surface area contributed by atoms with Crippen LogP contribution >= 0.6 is 0 Å². The van der Waals surface area contributed by atoms with Crippen LogP contribution in [0.1, 0.15) is 41.6 Å². The van der Waals surface area contributed by atoms with Crippen molar-refractivity contribution in [2.75, 3.05) is 25.1 Å². The minimum Gasteiger partial charge on any atom is -0.495 e. The highest BCUT2D eigenvalue weighted by Crippen LogP contribution is 2.31. The first kappa shape index (κ1) is 17.6. The molecule has 142 valence electrons. The second kappa shape index (κ2) is 7.06. The van der Waals surface area contributed by atoms with Gasteiger partial charge in [-0.25, -0.2) is 0 Å². The summed E-state index contributed by atoms with van der Waals surface area (Å²) in [6, 6.07) is 7.27. The van der Waals surface area contributed by atoms with Crippen molar-refractivity contribution in [3.05, 3.63) is 41.3 Å². The van der Waals surface area contributed by atoms with Gasteiger partial charge < -0.3 is 19.1 Å². The van der Waals surface area contributed by atoms with Crippen molar-refractivity contribution in [2.24, 2.45) is 0 Å². The molecule has 0 unspecified atom stereocenters. The van der Waals surface area contributed by atoms with Crippen LogP contribution in [0, 0.1) is 0 Å². The van der Waals surface area contributed by atoms with Gasteiger partial charge >= 0.3 is 0 Å². The van der Waals surface area contributed by atoms with Crippen LogP contribution in [-0.4, -0.2) is 48.1 Å². The molecule has 7 nitrogen and oxygen atoms in total. The van der Waals surface area contributed by atoms with Gasteiger partial charge in [0, 0.05) is 24.6 Å². The molecule has 2 aromatic rings. The van der Waals surface area contributed by atoms with Gasteiger partial charge in [0.05, 0.1) is 12.8 Å². The van der Waals surface area contributed by atoms with E-state index in [2.05, 4.69) is 5.16 Å². The van der Waals surface area contributed by atoms with Gasteiger partial charge in [0.15, 0.2) is 5.69 Å². The fraction of sp³-hybridized carbons (Fsp3) is 0.450. The number of hydrogen-bond donors (Lipinski definition) is 0. The number of amides is 2. The predicted octanol–water partition coefficient (Wildman–Crippen LogP) is 2.44. The summed E-state index contributed by atoms with van der Waals surface area (Å²) in [5, 5.41) is 4.03. The lowest BCUT2D eigenvalue weighted by Crippen LogP contribution is -2.57. The van der Waals surface area contributed by atoms with E-state index in [-0.39, 0.29) is 24.4 Å². The molecule has 1 saturated heterocycles. The predicted molar refractivity (Wildman–Crippen MR) is 99.0 cm³/mol. The van der Waals surface area contributed by atoms with Gasteiger partial charge in [-0.05, 0) is 38.3 Å². The molecular weight excluding hydrogens is 346 g/mol. The van der Waals surface area contributed by atoms with E-state index >= 15 is 0 Å². The maximum Gasteiger partial charge on any atom is 0.277 e. The van der Waals surface area contributed by atoms with Crippen LogP contribution in [0.15, 0.2) is 28.8 Å². The lowest BCUT2D eigenvalue weighted by Gasteiger charge is -2.39. The SMILES string of the molecule is COc1ccccc1N1C[C@H](C)N(C(=O)c2noc3c2CCCC3)CC1=O. The number of benzene rings is 1. The number of methoxy groups -OCH3 is 1. The van der Waals surface area contributed by atoms with E-state index in [0.29, 0.717) is 18.0 Å². The number of hydrogen-bond acceptors (Lipinski definition) is 5. The molecule has 2 heterocycles. The number of para-hydroxylation sites is 2. The third kappa shape index (κ3) is 3.07. The molecule has 1 aliphatic heterocycles. The maximum atomic E-state index is 13.1. The van der Waals surface area contributed by atoms with Gasteiger partial charge in [-0.3, -0.25) is 9.59 Å². The molecule has 0 radical (unpaired) electrons. The molecule has 27 heavy (non-hydrogen) atoms. The Labute approximate surface area is 157 Å². The molecule has 2 aliphatic rings. The number of carbonyl (C=O) groups excluding carboxylic acids is 2. The minimum absolute atomic E-state index is 0.0136. The number of ether oxygens (including phenoxy) is 1. The van der Waals surface area contributed by atoms with Crippen LogP contribution in [-0.2, 0) is 17.6 Å². The zero-order valence-electron chi connectivity index (χ0n) is 15.6. The third-order valence-corrected chi connectivity index (χ3v) is 5.38. The number of fused-ring (bicyclic) bond motifs is 1. The van der Waals surface area contributed by atoms with Crippen molar-refractivity contribution in [1.29, 1.82) is 0 Å². The highest BCUT2D eigenvalue weighted by molar-refractivity contribution is 6.02. The highest BCUT2D eigenvalue weighted by Gasteiger charge is 2.37. The van der Waals surface area contributed by atoms with E-state index in [1.807, 2.05) is 31.2 Å². The van der Waals surface area contributed by atoms with Gasteiger partial charge in [0.25, 0.3) is 5.91 Å². The molecular formula is C20H23N3O4. The molecule has 1 aromatic heterocycles. The fourth-order valence-corrected chi connectivity index (χ4v) is 3.90. The summed E-state index contributed by atoms with van der Waals surface area (Å²) >= 11 is 0. The first-order valence-corrected chi connectivity index (χ1v) is 9.32. The van der Waals surface area contributed by atoms with Crippen molar-refractivity contribution in [3.8, 4) is 5.75 Å². The van der Waals surface area contributed by atoms with Crippen LogP contribution in [0.3, 0.4) is 0 Å². The zero-order chi connectivity index (χ0) is 19.0. The summed E-state index contributed by atoms with van der Waals surface area (Å²) in [6.07, 6.45) is 3.72. The summed E-state index contributed by atoms with van der Waals surface area (Å²) in [5.41, 5.74) is 2.01. The molecule has 2 amide bonds. The summed E-state index contributed by atoms with van der Waals surface area (Å²) in [4.78, 5) is 29.2. The molecule has 0 N–H and O–H groups in total. The molecule has 0 saturated carbocycles. The Balaban J connectivity index is 1.56. The van der Waals surface area contributed by atoms with Crippen molar-refractivity contribution < 1.29 is 18.8 Å². The average molecular weight is 369 g/mol. The standard InChI is InChI=1S/C20H23N3O4/c1-13-11-23(15-8-4-6-10-17(15)26-2)18(24)12-22(13)20(25)19-14-7-3-5-9-16(14)27-21-19/h4,6,8,10,13H,3,5,7,9,11-12H2,1-2H3/t13-/m0/s1. The van der Waals surface area contributed by atoms with Gasteiger partial charge in [0.1, 0.15) is 18.1 Å². The maximum absolute atomic E-state index is 13.1. The summed E-state index contributed by atoms with van der Waals surface area (Å²) in [6.45, 7) is 2.37. The molecule has 0 spiro atoms. The van der Waals surface area contributed by atoms with Crippen LogP contribution in [0.2, 0.25) is 0 Å². The lowest BCUT2D eigenvalue weighted by atomic mass is 9.96. The number of piperazine rings is 1. The number of carbonyl (C=O) groups is 2. The van der Waals surface area contributed by atoms with Crippen LogP contribution < -0.4 is 9.64 Å². The minimum atomic E-state index is -0.220. The van der Waals surface area contributed by atoms with E-state index in [4.69, 9.17) is 9.26 Å². The molecule has 1 atom stereocenters. The Morgan fingerprint density at radius 1 is 1.26 bits per heavy atom. The van der Waals surface area contributed by atoms with Gasteiger partial charge in [-0.15, -0.1) is 0 Å². The number of aryl methyl sites for hydroxylation is 1. The third-order valence-electron chi connectivity index (χ3n) is 5.38. The number of anilines is 1. The van der Waals surface area contributed by atoms with Gasteiger partial charge in [-0.1, -0.05) is 17.3 Å². The van der Waals surface area contributed by atoms with Gasteiger partial charge in [-0.2, -0.15) is 0 Å². The van der Waals surface area contributed by atoms with Crippen molar-refractivity contribution in [3.63, 3.8) is 0 Å². The van der Waals surface area contributed by atoms with Crippen molar-refractivity contribution in [2.45, 2.75) is 38.6 Å². The van der Waals surface area contributed by atoms with Gasteiger partial charge in [0.2, 0.25) is 5.91 Å². The monoisotopic (exact) mass is 369 g/mol. The molecule has 1 aromatic carbocycles. The zero-order valence-corrected chi connectivity index (χ0v) is 15.6. The molecule has 0 bridgehead atoms. The second-order valence-corrected chi connectivity index (χ2v) is 7.10. The molecule has 4 rings (SSSR count). The first-order valence-electron chi connectivity index (χ1n) is 9.32. The normalized spacial score (nSPS) is 19.8. The first-order chi connectivity index (χ1) is 13.1. The fourth-order valence-electron chi connectivity index (χ4n) is 3.90. The van der Waals surface area contributed by atoms with E-state index in [0.717, 1.165) is 42.7 Å². The van der Waals surface area contributed by atoms with Crippen molar-refractivity contribution >= 4 is 17.5 Å². The number of rotatable bonds is 3. The van der Waals surface area contributed by atoms with E-state index in [1.165, 1.54) is 0 Å². The van der Waals surface area contributed by atoms with Crippen molar-refractivity contribution in [1.82, 2.24) is 10.1 Å². The largest absolute Gasteiger partial charge is 0.495 e. The van der Waals surface area contributed by atoms with E-state index in [9.17, 15) is 9.59 Å². The Hall–Kier alpha value is -2.83. The van der Waals surface area contributed by atoms with Crippen LogP contribution in [0.25, 0.3) is 0 Å². The highest BCUT2D eigenvalue weighted by atomic mass is 16.5. The second-order valence-electron chi connectivity index (χ2n) is 7.10. The topological polar surface area (TPSA) is 75.9 Å². The average Bonchev–Trinajstić information content (AvgIpc) is 3.13. The Morgan fingerprint density at radius 2 is 2.04 bits per heavy atom. The van der Waals surface area contributed by atoms with E-state index < -0.39 is 0 Å². The quantitative estimate of drug-likeness (QED) is 0.831. The number of aromatic nitrogens is 1. The Morgan fingerprint density at radius 3 is 2.85 bits per heavy atom. The van der Waals surface area contributed by atoms with Crippen LogP contribution in [0.4, 0.5) is 5.69 Å². The Bertz CT molecular complexity index is 876. The summed E-state index contributed by atoms with van der Waals surface area (Å²) in [7, 11) is 1.58. The Kier molecular flexibility index (Phi) is 4.59. The van der Waals surface area contributed by atoms with E-state index in [1.54, 1.807) is 16.9 Å². The number of nitrogens with zero attached hydrogens (tertiary/aromatic N) is 3. The lowest BCUT2D eigenvalue weighted by molar-refractivity contribution is -0.121. The smallest absolute Gasteiger partial charge is 0.277 e.